The van der Waals surface area contributed by atoms with Crippen LogP contribution in [0.25, 0.3) is 11.6 Å². The number of benzene rings is 1. The van der Waals surface area contributed by atoms with Gasteiger partial charge in [0.25, 0.3) is 0 Å². The van der Waals surface area contributed by atoms with Gasteiger partial charge in [0.2, 0.25) is 5.88 Å². The van der Waals surface area contributed by atoms with Gasteiger partial charge in [-0.25, -0.2) is 0 Å². The molecule has 1 aromatic carbocycles. The van der Waals surface area contributed by atoms with Gasteiger partial charge < -0.3 is 10.0 Å². The molecule has 0 unspecified atom stereocenters. The van der Waals surface area contributed by atoms with Crippen molar-refractivity contribution in [2.75, 3.05) is 19.6 Å². The smallest absolute Gasteiger partial charge is 0.210 e. The molecule has 2 heterocycles. The summed E-state index contributed by atoms with van der Waals surface area (Å²) in [6.07, 6.45) is 3.81. The average molecular weight is 360 g/mol. The van der Waals surface area contributed by atoms with Gasteiger partial charge in [-0.3, -0.25) is 9.56 Å². The number of aromatic hydroxyl groups is 1. The summed E-state index contributed by atoms with van der Waals surface area (Å²) < 4.78 is 2.53. The van der Waals surface area contributed by atoms with Gasteiger partial charge in [0.15, 0.2) is 3.95 Å². The van der Waals surface area contributed by atoms with Gasteiger partial charge in [-0.1, -0.05) is 32.0 Å². The maximum atomic E-state index is 10.6. The Labute approximate surface area is 151 Å². The average Bonchev–Trinajstić information content (AvgIpc) is 3.12. The van der Waals surface area contributed by atoms with Gasteiger partial charge in [0.1, 0.15) is 0 Å². The zero-order valence-electron chi connectivity index (χ0n) is 13.9. The third-order valence-corrected chi connectivity index (χ3v) is 5.66. The minimum absolute atomic E-state index is 0.252. The molecule has 0 amide bonds. The number of fused-ring (bicyclic) bond motifs is 1. The molecule has 1 aliphatic rings. The summed E-state index contributed by atoms with van der Waals surface area (Å²) in [5.41, 5.74) is 3.06. The van der Waals surface area contributed by atoms with Crippen molar-refractivity contribution in [2.45, 2.75) is 20.4 Å². The second-order valence-corrected chi connectivity index (χ2v) is 7.29. The predicted molar refractivity (Wildman–Crippen MR) is 105 cm³/mol. The van der Waals surface area contributed by atoms with E-state index in [2.05, 4.69) is 23.7 Å². The van der Waals surface area contributed by atoms with Crippen LogP contribution >= 0.6 is 23.6 Å². The molecular formula is C18H21N3OS2. The topological polar surface area (TPSA) is 40.8 Å². The van der Waals surface area contributed by atoms with Gasteiger partial charge in [-0.2, -0.15) is 0 Å². The van der Waals surface area contributed by atoms with Crippen molar-refractivity contribution in [3.05, 3.63) is 38.7 Å². The molecule has 0 atom stereocenters. The van der Waals surface area contributed by atoms with Gasteiger partial charge in [-0.15, -0.1) is 11.3 Å². The molecule has 0 bridgehead atoms. The first-order chi connectivity index (χ1) is 11.6. The third-order valence-electron chi connectivity index (χ3n) is 4.27. The van der Waals surface area contributed by atoms with Crippen LogP contribution in [0.3, 0.4) is 0 Å². The number of rotatable bonds is 6. The molecule has 0 spiro atoms. The van der Waals surface area contributed by atoms with Crippen molar-refractivity contribution < 1.29 is 5.11 Å². The summed E-state index contributed by atoms with van der Waals surface area (Å²) in [7, 11) is 0. The first kappa shape index (κ1) is 17.1. The van der Waals surface area contributed by atoms with E-state index in [0.717, 1.165) is 41.3 Å². The summed E-state index contributed by atoms with van der Waals surface area (Å²) in [4.78, 5) is 7.51. The van der Waals surface area contributed by atoms with E-state index >= 15 is 0 Å². The van der Waals surface area contributed by atoms with Crippen molar-refractivity contribution >= 4 is 47.1 Å². The molecule has 0 aliphatic carbocycles. The van der Waals surface area contributed by atoms with Gasteiger partial charge in [-0.05, 0) is 37.4 Å². The first-order valence-electron chi connectivity index (χ1n) is 8.14. The minimum atomic E-state index is 0.252. The van der Waals surface area contributed by atoms with E-state index in [4.69, 9.17) is 12.2 Å². The Morgan fingerprint density at radius 1 is 1.29 bits per heavy atom. The second-order valence-electron chi connectivity index (χ2n) is 5.61. The van der Waals surface area contributed by atoms with Crippen molar-refractivity contribution in [1.82, 2.24) is 9.47 Å². The van der Waals surface area contributed by atoms with Crippen LogP contribution in [0.1, 0.15) is 24.3 Å². The minimum Gasteiger partial charge on any atom is -0.493 e. The van der Waals surface area contributed by atoms with E-state index in [1.165, 1.54) is 11.3 Å². The molecule has 0 saturated heterocycles. The summed E-state index contributed by atoms with van der Waals surface area (Å²) >= 11 is 6.88. The van der Waals surface area contributed by atoms with E-state index in [1.54, 1.807) is 0 Å². The largest absolute Gasteiger partial charge is 0.493 e. The zero-order chi connectivity index (χ0) is 17.1. The number of aromatic nitrogens is 1. The highest BCUT2D eigenvalue weighted by molar-refractivity contribution is 7.73. The highest BCUT2D eigenvalue weighted by Gasteiger charge is 2.15. The summed E-state index contributed by atoms with van der Waals surface area (Å²) in [6, 6.07) is 8.01. The lowest BCUT2D eigenvalue weighted by Gasteiger charge is -2.18. The lowest BCUT2D eigenvalue weighted by Crippen LogP contribution is -2.26. The van der Waals surface area contributed by atoms with Crippen LogP contribution in [0.4, 0.5) is 5.69 Å². The zero-order valence-corrected chi connectivity index (χ0v) is 15.5. The van der Waals surface area contributed by atoms with Gasteiger partial charge in [0, 0.05) is 30.4 Å². The van der Waals surface area contributed by atoms with E-state index in [1.807, 2.05) is 41.1 Å². The standard InChI is InChI=1S/C18H21N3OS2/c1-3-20(4-2)9-10-21-17(22)16(24-18(21)23)11-13-12-19-15-8-6-5-7-14(13)15/h5-8,11-12,22H,3-4,9-10H2,1-2H3/b13-11+. The molecule has 0 radical (unpaired) electrons. The molecule has 0 saturated carbocycles. The van der Waals surface area contributed by atoms with Crippen LogP contribution in [0.2, 0.25) is 0 Å². The molecule has 6 heteroatoms. The Bertz CT molecular complexity index is 844. The first-order valence-corrected chi connectivity index (χ1v) is 9.36. The van der Waals surface area contributed by atoms with Crippen molar-refractivity contribution in [1.29, 1.82) is 0 Å². The molecular weight excluding hydrogens is 338 g/mol. The normalized spacial score (nSPS) is 14.7. The van der Waals surface area contributed by atoms with E-state index in [9.17, 15) is 5.11 Å². The molecule has 2 aromatic rings. The Hall–Kier alpha value is -1.76. The van der Waals surface area contributed by atoms with Crippen LogP contribution in [0, 0.1) is 3.95 Å². The number of allylic oxidation sites excluding steroid dienone is 1. The monoisotopic (exact) mass is 359 g/mol. The predicted octanol–water partition coefficient (Wildman–Crippen LogP) is 4.58. The molecule has 3 rings (SSSR count). The van der Waals surface area contributed by atoms with Crippen molar-refractivity contribution in [2.24, 2.45) is 4.99 Å². The van der Waals surface area contributed by atoms with Gasteiger partial charge in [0.05, 0.1) is 10.6 Å². The molecule has 126 valence electrons. The number of para-hydroxylation sites is 1. The number of hydrogen-bond acceptors (Lipinski definition) is 5. The fourth-order valence-corrected chi connectivity index (χ4v) is 4.09. The molecule has 1 aliphatic heterocycles. The van der Waals surface area contributed by atoms with Crippen molar-refractivity contribution in [3.63, 3.8) is 0 Å². The third kappa shape index (κ3) is 3.36. The lowest BCUT2D eigenvalue weighted by atomic mass is 10.1. The lowest BCUT2D eigenvalue weighted by molar-refractivity contribution is 0.282. The Morgan fingerprint density at radius 2 is 2.04 bits per heavy atom. The molecule has 1 N–H and O–H groups in total. The Kier molecular flexibility index (Phi) is 5.28. The SMILES string of the molecule is CCN(CC)CCn1c(O)c(/C=C2\C=Nc3ccccc32)sc1=S. The molecule has 24 heavy (non-hydrogen) atoms. The van der Waals surface area contributed by atoms with Gasteiger partial charge >= 0.3 is 0 Å². The molecule has 1 aromatic heterocycles. The molecule has 0 fully saturated rings. The quantitative estimate of drug-likeness (QED) is 0.767. The van der Waals surface area contributed by atoms with E-state index in [0.29, 0.717) is 10.5 Å². The summed E-state index contributed by atoms with van der Waals surface area (Å²) in [6.45, 7) is 7.87. The van der Waals surface area contributed by atoms with E-state index < -0.39 is 0 Å². The highest BCUT2D eigenvalue weighted by Crippen LogP contribution is 2.35. The van der Waals surface area contributed by atoms with Crippen LogP contribution in [-0.2, 0) is 6.54 Å². The van der Waals surface area contributed by atoms with E-state index in [-0.39, 0.29) is 5.88 Å². The number of thiazole rings is 1. The number of hydrogen-bond donors (Lipinski definition) is 1. The van der Waals surface area contributed by atoms with Crippen LogP contribution in [0.15, 0.2) is 29.3 Å². The van der Waals surface area contributed by atoms with Crippen LogP contribution in [-0.4, -0.2) is 40.4 Å². The summed E-state index contributed by atoms with van der Waals surface area (Å²) in [5, 5.41) is 10.6. The number of aliphatic imine (C=N–C) groups is 1. The Balaban J connectivity index is 1.86. The fourth-order valence-electron chi connectivity index (χ4n) is 2.78. The van der Waals surface area contributed by atoms with Crippen molar-refractivity contribution in [3.8, 4) is 5.88 Å². The van der Waals surface area contributed by atoms with Crippen LogP contribution in [0.5, 0.6) is 5.88 Å². The number of nitrogens with zero attached hydrogens (tertiary/aromatic N) is 3. The molecule has 4 nitrogen and oxygen atoms in total. The fraction of sp³-hybridized carbons (Fsp3) is 0.333. The second kappa shape index (κ2) is 7.42. The summed E-state index contributed by atoms with van der Waals surface area (Å²) in [5.74, 6) is 0.252. The maximum absolute atomic E-state index is 10.6. The Morgan fingerprint density at radius 3 is 2.79 bits per heavy atom. The number of likely N-dealkylation sites (N-methyl/N-ethyl adjacent to an activating group) is 1. The van der Waals surface area contributed by atoms with Crippen LogP contribution < -0.4 is 0 Å². The maximum Gasteiger partial charge on any atom is 0.210 e. The highest BCUT2D eigenvalue weighted by atomic mass is 32.1.